The van der Waals surface area contributed by atoms with Crippen LogP contribution in [0.2, 0.25) is 0 Å². The molecular weight excluding hydrogens is 1030 g/mol. The Morgan fingerprint density at radius 1 is 0.415 bits per heavy atom. The largest absolute Gasteiger partial charge is 0.394 e. The number of rotatable bonds is 64. The van der Waals surface area contributed by atoms with Crippen molar-refractivity contribution in [1.82, 2.24) is 5.32 Å². The molecule has 1 aliphatic heterocycles. The summed E-state index contributed by atoms with van der Waals surface area (Å²) in [5.74, 6) is -0.690. The van der Waals surface area contributed by atoms with Gasteiger partial charge in [-0.05, 0) is 38.5 Å². The minimum absolute atomic E-state index is 0.263. The summed E-state index contributed by atoms with van der Waals surface area (Å²) in [7, 11) is 0. The maximum atomic E-state index is 13.3. The van der Waals surface area contributed by atoms with E-state index in [1.54, 1.807) is 0 Å². The molecule has 1 fully saturated rings. The molecule has 9 atom stereocenters. The van der Waals surface area contributed by atoms with E-state index in [4.69, 9.17) is 9.47 Å². The molecular formula is C71H139NO10. The third kappa shape index (κ3) is 47.0. The van der Waals surface area contributed by atoms with Crippen LogP contribution in [0.25, 0.3) is 0 Å². The van der Waals surface area contributed by atoms with Gasteiger partial charge in [-0.3, -0.25) is 4.79 Å². The smallest absolute Gasteiger partial charge is 0.249 e. The first-order valence-electron chi connectivity index (χ1n) is 36.1. The molecule has 1 heterocycles. The fourth-order valence-electron chi connectivity index (χ4n) is 12.0. The minimum atomic E-state index is -1.66. The molecule has 0 bridgehead atoms. The number of nitrogens with one attached hydrogen (secondary N) is 1. The van der Waals surface area contributed by atoms with Crippen LogP contribution < -0.4 is 5.32 Å². The van der Waals surface area contributed by atoms with E-state index in [0.29, 0.717) is 19.3 Å². The zero-order valence-electron chi connectivity index (χ0n) is 54.0. The highest BCUT2D eigenvalue weighted by Crippen LogP contribution is 2.24. The summed E-state index contributed by atoms with van der Waals surface area (Å²) in [5, 5.41) is 76.6. The highest BCUT2D eigenvalue weighted by Gasteiger charge is 2.44. The van der Waals surface area contributed by atoms with E-state index < -0.39 is 74.2 Å². The lowest BCUT2D eigenvalue weighted by molar-refractivity contribution is -0.303. The van der Waals surface area contributed by atoms with Gasteiger partial charge in [0.15, 0.2) is 6.29 Å². The molecule has 0 aromatic rings. The number of aliphatic hydroxyl groups is 7. The highest BCUT2D eigenvalue weighted by atomic mass is 16.7. The number of unbranched alkanes of at least 4 members (excludes halogenated alkanes) is 50. The van der Waals surface area contributed by atoms with E-state index in [9.17, 15) is 40.5 Å². The number of allylic oxidation sites excluding steroid dienone is 2. The quantitative estimate of drug-likeness (QED) is 0.0215. The summed E-state index contributed by atoms with van der Waals surface area (Å²) in [6, 6.07) is -1.17. The van der Waals surface area contributed by atoms with Gasteiger partial charge in [-0.25, -0.2) is 0 Å². The zero-order valence-corrected chi connectivity index (χ0v) is 54.0. The summed E-state index contributed by atoms with van der Waals surface area (Å²) in [4.78, 5) is 13.3. The van der Waals surface area contributed by atoms with E-state index in [0.717, 1.165) is 38.5 Å². The maximum Gasteiger partial charge on any atom is 0.249 e. The lowest BCUT2D eigenvalue weighted by atomic mass is 9.98. The monoisotopic (exact) mass is 1170 g/mol. The lowest BCUT2D eigenvalue weighted by Gasteiger charge is -2.40. The van der Waals surface area contributed by atoms with E-state index in [-0.39, 0.29) is 6.42 Å². The summed E-state index contributed by atoms with van der Waals surface area (Å²) < 4.78 is 11.2. The minimum Gasteiger partial charge on any atom is -0.394 e. The second-order valence-electron chi connectivity index (χ2n) is 25.7. The van der Waals surface area contributed by atoms with Gasteiger partial charge in [0.25, 0.3) is 0 Å². The fourth-order valence-corrected chi connectivity index (χ4v) is 12.0. The van der Waals surface area contributed by atoms with Crippen molar-refractivity contribution in [3.8, 4) is 0 Å². The summed E-state index contributed by atoms with van der Waals surface area (Å²) in [6.07, 6.45) is 62.9. The molecule has 0 saturated carbocycles. The maximum absolute atomic E-state index is 13.3. The van der Waals surface area contributed by atoms with Crippen LogP contribution in [0.4, 0.5) is 0 Å². The SMILES string of the molecule is CCCCCCCCCCCCCC/C=C\CCCCCCCCCCCCCC(O)C(=O)NC(COC1OC(CO)C(O)C(O)C1O)C(O)C(O)CCCCCCCCCCCCCCCCCCCCCCCCCCCCCC. The lowest BCUT2D eigenvalue weighted by Crippen LogP contribution is -2.60. The van der Waals surface area contributed by atoms with Gasteiger partial charge in [0, 0.05) is 0 Å². The van der Waals surface area contributed by atoms with Crippen LogP contribution in [0.3, 0.4) is 0 Å². The van der Waals surface area contributed by atoms with Gasteiger partial charge in [0.1, 0.15) is 36.6 Å². The van der Waals surface area contributed by atoms with Crippen LogP contribution in [0, 0.1) is 0 Å². The normalized spacial score (nSPS) is 19.1. The van der Waals surface area contributed by atoms with Crippen molar-refractivity contribution in [2.45, 2.75) is 422 Å². The number of hydrogen-bond donors (Lipinski definition) is 8. The molecule has 82 heavy (non-hydrogen) atoms. The first-order valence-corrected chi connectivity index (χ1v) is 36.1. The molecule has 1 amide bonds. The second-order valence-corrected chi connectivity index (χ2v) is 25.7. The van der Waals surface area contributed by atoms with Crippen molar-refractivity contribution in [3.63, 3.8) is 0 Å². The van der Waals surface area contributed by atoms with Crippen molar-refractivity contribution in [2.75, 3.05) is 13.2 Å². The van der Waals surface area contributed by atoms with E-state index in [1.165, 1.54) is 289 Å². The Balaban J connectivity index is 2.19. The Bertz CT molecular complexity index is 1340. The number of hydrogen-bond acceptors (Lipinski definition) is 10. The zero-order chi connectivity index (χ0) is 59.6. The van der Waals surface area contributed by atoms with Gasteiger partial charge in [0.2, 0.25) is 5.91 Å². The molecule has 0 radical (unpaired) electrons. The number of ether oxygens (including phenoxy) is 2. The molecule has 1 rings (SSSR count). The standard InChI is InChI=1S/C71H139NO10/c1-3-5-7-9-11-13-15-17-19-21-23-25-27-29-31-33-34-36-38-40-42-44-46-48-50-52-54-56-58-63(74)66(76)62(61-81-71-69(79)68(78)67(77)65(60-73)82-71)72-70(80)64(75)59-57-55-53-51-49-47-45-43-41-39-37-35-32-30-28-26-24-22-20-18-16-14-12-10-8-6-4-2/h30,32,62-69,71,73-79H,3-29,31,33-61H2,1-2H3,(H,72,80)/b32-30-. The third-order valence-corrected chi connectivity index (χ3v) is 17.8. The van der Waals surface area contributed by atoms with E-state index >= 15 is 0 Å². The van der Waals surface area contributed by atoms with E-state index in [2.05, 4.69) is 31.3 Å². The molecule has 0 spiro atoms. The topological polar surface area (TPSA) is 189 Å². The Morgan fingerprint density at radius 2 is 0.707 bits per heavy atom. The Labute approximate surface area is 506 Å². The fraction of sp³-hybridized carbons (Fsp3) is 0.958. The van der Waals surface area contributed by atoms with Crippen LogP contribution in [-0.2, 0) is 14.3 Å². The van der Waals surface area contributed by atoms with Gasteiger partial charge < -0.3 is 50.5 Å². The van der Waals surface area contributed by atoms with Crippen LogP contribution in [0.15, 0.2) is 12.2 Å². The van der Waals surface area contributed by atoms with Crippen LogP contribution in [0.1, 0.15) is 367 Å². The molecule has 0 aromatic carbocycles. The van der Waals surface area contributed by atoms with Gasteiger partial charge >= 0.3 is 0 Å². The van der Waals surface area contributed by atoms with Crippen LogP contribution >= 0.6 is 0 Å². The highest BCUT2D eigenvalue weighted by molar-refractivity contribution is 5.80. The molecule has 0 aliphatic carbocycles. The van der Waals surface area contributed by atoms with Crippen molar-refractivity contribution >= 4 is 5.91 Å². The summed E-state index contributed by atoms with van der Waals surface area (Å²) in [5.41, 5.74) is 0. The first kappa shape index (κ1) is 78.9. The van der Waals surface area contributed by atoms with Gasteiger partial charge in [0.05, 0.1) is 25.4 Å². The number of carbonyl (C=O) groups is 1. The molecule has 9 unspecified atom stereocenters. The number of carbonyl (C=O) groups excluding carboxylic acids is 1. The Morgan fingerprint density at radius 3 is 1.02 bits per heavy atom. The predicted molar refractivity (Wildman–Crippen MR) is 344 cm³/mol. The Kier molecular flexibility index (Phi) is 57.8. The molecule has 11 nitrogen and oxygen atoms in total. The molecule has 1 aliphatic rings. The van der Waals surface area contributed by atoms with Crippen molar-refractivity contribution < 1.29 is 50.0 Å². The Hall–Kier alpha value is -1.15. The van der Waals surface area contributed by atoms with Crippen molar-refractivity contribution in [2.24, 2.45) is 0 Å². The summed E-state index contributed by atoms with van der Waals surface area (Å²) in [6.45, 7) is 3.53. The second kappa shape index (κ2) is 60.1. The first-order chi connectivity index (χ1) is 40.2. The van der Waals surface area contributed by atoms with Gasteiger partial charge in [-0.2, -0.15) is 0 Å². The number of amides is 1. The van der Waals surface area contributed by atoms with Crippen LogP contribution in [-0.4, -0.2) is 110 Å². The van der Waals surface area contributed by atoms with E-state index in [1.807, 2.05) is 0 Å². The average molecular weight is 1170 g/mol. The van der Waals surface area contributed by atoms with Crippen molar-refractivity contribution in [1.29, 1.82) is 0 Å². The van der Waals surface area contributed by atoms with Gasteiger partial charge in [-0.15, -0.1) is 0 Å². The molecule has 11 heteroatoms. The third-order valence-electron chi connectivity index (χ3n) is 17.8. The van der Waals surface area contributed by atoms with Crippen molar-refractivity contribution in [3.05, 3.63) is 12.2 Å². The molecule has 1 saturated heterocycles. The molecule has 8 N–H and O–H groups in total. The average Bonchev–Trinajstić information content (AvgIpc) is 3.53. The molecule has 0 aromatic heterocycles. The predicted octanol–water partition coefficient (Wildman–Crippen LogP) is 17.4. The summed E-state index contributed by atoms with van der Waals surface area (Å²) >= 11 is 0. The van der Waals surface area contributed by atoms with Gasteiger partial charge in [-0.1, -0.05) is 341 Å². The molecule has 488 valence electrons. The number of aliphatic hydroxyl groups excluding tert-OH is 7. The van der Waals surface area contributed by atoms with Crippen LogP contribution in [0.5, 0.6) is 0 Å².